The largest absolute Gasteiger partial charge is 0.497 e. The van der Waals surface area contributed by atoms with Crippen LogP contribution in [0.2, 0.25) is 0 Å². The minimum absolute atomic E-state index is 0.00402. The van der Waals surface area contributed by atoms with Gasteiger partial charge >= 0.3 is 0 Å². The first kappa shape index (κ1) is 22.9. The zero-order chi connectivity index (χ0) is 25.4. The Morgan fingerprint density at radius 3 is 2.41 bits per heavy atom. The second-order valence-corrected chi connectivity index (χ2v) is 9.30. The molecule has 0 saturated heterocycles. The summed E-state index contributed by atoms with van der Waals surface area (Å²) in [6.45, 7) is 0. The van der Waals surface area contributed by atoms with E-state index in [0.29, 0.717) is 35.4 Å². The van der Waals surface area contributed by atoms with Gasteiger partial charge in [-0.05, 0) is 60.5 Å². The summed E-state index contributed by atoms with van der Waals surface area (Å²) in [5.41, 5.74) is 4.32. The third-order valence-corrected chi connectivity index (χ3v) is 7.11. The number of furan rings is 1. The van der Waals surface area contributed by atoms with Crippen LogP contribution >= 0.6 is 0 Å². The summed E-state index contributed by atoms with van der Waals surface area (Å²) in [7, 11) is 1.59. The predicted octanol–water partition coefficient (Wildman–Crippen LogP) is 6.50. The molecule has 1 aliphatic carbocycles. The van der Waals surface area contributed by atoms with E-state index in [-0.39, 0.29) is 17.6 Å². The molecule has 2 aliphatic rings. The molecule has 6 nitrogen and oxygen atoms in total. The van der Waals surface area contributed by atoms with Gasteiger partial charge in [-0.2, -0.15) is 0 Å². The third kappa shape index (κ3) is 4.10. The number of methoxy groups -OCH3 is 1. The lowest BCUT2D eigenvalue weighted by molar-refractivity contribution is -0.116. The first-order chi connectivity index (χ1) is 18.1. The number of anilines is 2. The maximum atomic E-state index is 14.2. The number of rotatable bonds is 4. The average Bonchev–Trinajstić information content (AvgIpc) is 3.43. The summed E-state index contributed by atoms with van der Waals surface area (Å²) < 4.78 is 11.0. The van der Waals surface area contributed by atoms with Gasteiger partial charge in [0.25, 0.3) is 5.91 Å². The number of Topliss-reactive ketones (excluding diaryl/α,β-unsaturated/α-hetero) is 1. The molecule has 0 fully saturated rings. The first-order valence-electron chi connectivity index (χ1n) is 12.3. The normalized spacial score (nSPS) is 18.9. The van der Waals surface area contributed by atoms with Crippen molar-refractivity contribution >= 4 is 23.1 Å². The number of nitrogens with one attached hydrogen (secondary N) is 1. The summed E-state index contributed by atoms with van der Waals surface area (Å²) in [5, 5.41) is 3.54. The van der Waals surface area contributed by atoms with E-state index < -0.39 is 6.04 Å². The Hall–Kier alpha value is -4.58. The first-order valence-corrected chi connectivity index (χ1v) is 12.3. The van der Waals surface area contributed by atoms with Crippen molar-refractivity contribution in [1.82, 2.24) is 0 Å². The van der Waals surface area contributed by atoms with E-state index in [4.69, 9.17) is 9.15 Å². The summed E-state index contributed by atoms with van der Waals surface area (Å²) >= 11 is 0. The molecule has 6 rings (SSSR count). The van der Waals surface area contributed by atoms with Gasteiger partial charge in [0.1, 0.15) is 11.5 Å². The highest BCUT2D eigenvalue weighted by Crippen LogP contribution is 2.47. The minimum atomic E-state index is -0.591. The number of hydrogen-bond donors (Lipinski definition) is 1. The zero-order valence-electron chi connectivity index (χ0n) is 20.4. The highest BCUT2D eigenvalue weighted by Gasteiger charge is 2.42. The smallest absolute Gasteiger partial charge is 0.259 e. The fraction of sp³-hybridized carbons (Fsp3) is 0.161. The number of fused-ring (bicyclic) bond motifs is 1. The lowest BCUT2D eigenvalue weighted by Gasteiger charge is -2.35. The highest BCUT2D eigenvalue weighted by molar-refractivity contribution is 6.12. The molecular weight excluding hydrogens is 464 g/mol. The van der Waals surface area contributed by atoms with Crippen LogP contribution in [0.15, 0.2) is 113 Å². The molecule has 2 unspecified atom stereocenters. The van der Waals surface area contributed by atoms with E-state index in [1.165, 1.54) is 0 Å². The molecule has 2 atom stereocenters. The predicted molar refractivity (Wildman–Crippen MR) is 142 cm³/mol. The molecule has 1 N–H and O–H groups in total. The van der Waals surface area contributed by atoms with Crippen LogP contribution in [-0.4, -0.2) is 18.8 Å². The van der Waals surface area contributed by atoms with Gasteiger partial charge in [-0.15, -0.1) is 0 Å². The van der Waals surface area contributed by atoms with E-state index in [9.17, 15) is 9.59 Å². The van der Waals surface area contributed by atoms with E-state index in [1.807, 2.05) is 66.7 Å². The molecule has 0 spiro atoms. The summed E-state index contributed by atoms with van der Waals surface area (Å²) in [6.07, 6.45) is 2.57. The van der Waals surface area contributed by atoms with Gasteiger partial charge in [0.2, 0.25) is 0 Å². The number of benzene rings is 3. The van der Waals surface area contributed by atoms with Crippen molar-refractivity contribution in [3.8, 4) is 5.75 Å². The topological polar surface area (TPSA) is 71.8 Å². The molecule has 1 aromatic heterocycles. The molecular formula is C31H26N2O4. The van der Waals surface area contributed by atoms with Gasteiger partial charge in [-0.25, -0.2) is 0 Å². The van der Waals surface area contributed by atoms with Crippen LogP contribution in [0.1, 0.15) is 46.5 Å². The third-order valence-electron chi connectivity index (χ3n) is 7.11. The molecule has 2 heterocycles. The van der Waals surface area contributed by atoms with E-state index in [2.05, 4.69) is 5.32 Å². The Kier molecular flexibility index (Phi) is 5.85. The van der Waals surface area contributed by atoms with Crippen molar-refractivity contribution in [1.29, 1.82) is 0 Å². The Morgan fingerprint density at radius 1 is 0.919 bits per heavy atom. The standard InChI is InChI=1S/C31H26N2O4/c1-36-23-15-13-21(14-16-23)31(35)33-26-11-6-5-10-24(26)32-25-18-22(28-12-7-17-37-28)19-27(34)29(25)30(33)20-8-3-2-4-9-20/h2-17,22,30,32H,18-19H2,1H3. The number of carbonyl (C=O) groups is 2. The molecule has 37 heavy (non-hydrogen) atoms. The van der Waals surface area contributed by atoms with Crippen LogP contribution < -0.4 is 15.0 Å². The van der Waals surface area contributed by atoms with Crippen molar-refractivity contribution in [2.75, 3.05) is 17.3 Å². The second-order valence-electron chi connectivity index (χ2n) is 9.30. The Labute approximate surface area is 215 Å². The van der Waals surface area contributed by atoms with Gasteiger partial charge in [0.05, 0.1) is 30.8 Å². The molecule has 0 saturated carbocycles. The zero-order valence-corrected chi connectivity index (χ0v) is 20.4. The summed E-state index contributed by atoms with van der Waals surface area (Å²) in [5.74, 6) is 1.21. The van der Waals surface area contributed by atoms with E-state index >= 15 is 0 Å². The second kappa shape index (κ2) is 9.47. The molecule has 0 radical (unpaired) electrons. The number of carbonyl (C=O) groups excluding carboxylic acids is 2. The van der Waals surface area contributed by atoms with Crippen molar-refractivity contribution in [3.63, 3.8) is 0 Å². The van der Waals surface area contributed by atoms with Gasteiger partial charge in [0, 0.05) is 29.2 Å². The number of ketones is 1. The van der Waals surface area contributed by atoms with Crippen molar-refractivity contribution < 1.29 is 18.7 Å². The number of nitrogens with zero attached hydrogens (tertiary/aromatic N) is 1. The average molecular weight is 491 g/mol. The van der Waals surface area contributed by atoms with Gasteiger partial charge < -0.3 is 14.5 Å². The van der Waals surface area contributed by atoms with Gasteiger partial charge in [-0.3, -0.25) is 14.5 Å². The number of para-hydroxylation sites is 2. The van der Waals surface area contributed by atoms with Crippen molar-refractivity contribution in [2.45, 2.75) is 24.8 Å². The number of hydrogen-bond acceptors (Lipinski definition) is 5. The fourth-order valence-electron chi connectivity index (χ4n) is 5.36. The molecule has 0 bridgehead atoms. The van der Waals surface area contributed by atoms with Gasteiger partial charge in [-0.1, -0.05) is 42.5 Å². The maximum absolute atomic E-state index is 14.2. The van der Waals surface area contributed by atoms with Crippen molar-refractivity contribution in [2.24, 2.45) is 0 Å². The van der Waals surface area contributed by atoms with Gasteiger partial charge in [0.15, 0.2) is 5.78 Å². The maximum Gasteiger partial charge on any atom is 0.259 e. The SMILES string of the molecule is COc1ccc(C(=O)N2c3ccccc3NC3=C(C(=O)CC(c4ccco4)C3)C2c2ccccc2)cc1. The number of allylic oxidation sites excluding steroid dienone is 1. The minimum Gasteiger partial charge on any atom is -0.497 e. The van der Waals surface area contributed by atoms with Crippen molar-refractivity contribution in [3.05, 3.63) is 125 Å². The lowest BCUT2D eigenvalue weighted by Crippen LogP contribution is -2.38. The molecule has 184 valence electrons. The van der Waals surface area contributed by atoms with Crippen LogP contribution in [0.3, 0.4) is 0 Å². The van der Waals surface area contributed by atoms with Crippen LogP contribution in [-0.2, 0) is 4.79 Å². The lowest BCUT2D eigenvalue weighted by atomic mass is 9.80. The van der Waals surface area contributed by atoms with Crippen LogP contribution in [0.5, 0.6) is 5.75 Å². The number of amides is 1. The van der Waals surface area contributed by atoms with E-state index in [0.717, 1.165) is 22.7 Å². The monoisotopic (exact) mass is 490 g/mol. The molecule has 1 amide bonds. The number of ether oxygens (including phenoxy) is 1. The molecule has 1 aliphatic heterocycles. The van der Waals surface area contributed by atoms with Crippen LogP contribution in [0.4, 0.5) is 11.4 Å². The molecule has 4 aromatic rings. The molecule has 3 aromatic carbocycles. The quantitative estimate of drug-likeness (QED) is 0.353. The summed E-state index contributed by atoms with van der Waals surface area (Å²) in [4.78, 5) is 29.9. The van der Waals surface area contributed by atoms with Crippen LogP contribution in [0.25, 0.3) is 0 Å². The Bertz CT molecular complexity index is 1470. The Balaban J connectivity index is 1.55. The molecule has 6 heteroatoms. The fourth-order valence-corrected chi connectivity index (χ4v) is 5.36. The van der Waals surface area contributed by atoms with E-state index in [1.54, 1.807) is 42.5 Å². The Morgan fingerprint density at radius 2 is 1.68 bits per heavy atom. The highest BCUT2D eigenvalue weighted by atomic mass is 16.5. The van der Waals surface area contributed by atoms with Crippen LogP contribution in [0, 0.1) is 0 Å². The summed E-state index contributed by atoms with van der Waals surface area (Å²) in [6, 6.07) is 27.7.